The van der Waals surface area contributed by atoms with Gasteiger partial charge in [0.1, 0.15) is 11.5 Å². The molecule has 7 heteroatoms. The molecule has 3 aromatic rings. The first-order valence-electron chi connectivity index (χ1n) is 10.9. The zero-order valence-electron chi connectivity index (χ0n) is 17.4. The van der Waals surface area contributed by atoms with E-state index in [1.54, 1.807) is 12.1 Å². The number of hydrogen-bond acceptors (Lipinski definition) is 6. The highest BCUT2D eigenvalue weighted by molar-refractivity contribution is 5.58. The molecule has 4 heterocycles. The number of aromatic nitrogens is 2. The lowest BCUT2D eigenvalue weighted by molar-refractivity contribution is 0.222. The van der Waals surface area contributed by atoms with Crippen LogP contribution in [0.15, 0.2) is 45.6 Å². The van der Waals surface area contributed by atoms with Crippen LogP contribution in [0.1, 0.15) is 41.8 Å². The number of nitrogens with zero attached hydrogens (tertiary/aromatic N) is 4. The van der Waals surface area contributed by atoms with Gasteiger partial charge >= 0.3 is 0 Å². The summed E-state index contributed by atoms with van der Waals surface area (Å²) in [5.74, 6) is 2.38. The van der Waals surface area contributed by atoms with Crippen LogP contribution in [0, 0.1) is 11.3 Å². The molecule has 0 atom stereocenters. The molecule has 1 aromatic carbocycles. The Morgan fingerprint density at radius 1 is 1.06 bits per heavy atom. The average molecular weight is 415 g/mol. The van der Waals surface area contributed by atoms with Gasteiger partial charge < -0.3 is 9.32 Å². The van der Waals surface area contributed by atoms with Gasteiger partial charge in [0.15, 0.2) is 0 Å². The lowest BCUT2D eigenvalue weighted by Gasteiger charge is -2.30. The van der Waals surface area contributed by atoms with Crippen LogP contribution in [0.4, 0.5) is 5.95 Å². The molecule has 7 nitrogen and oxygen atoms in total. The Kier molecular flexibility index (Phi) is 5.31. The normalized spacial score (nSPS) is 16.7. The third-order valence-electron chi connectivity index (χ3n) is 6.14. The predicted molar refractivity (Wildman–Crippen MR) is 118 cm³/mol. The van der Waals surface area contributed by atoms with Gasteiger partial charge in [0.05, 0.1) is 23.9 Å². The van der Waals surface area contributed by atoms with Crippen LogP contribution < -0.4 is 10.5 Å². The third-order valence-corrected chi connectivity index (χ3v) is 6.14. The van der Waals surface area contributed by atoms with Crippen molar-refractivity contribution in [2.24, 2.45) is 0 Å². The first kappa shape index (κ1) is 19.6. The maximum absolute atomic E-state index is 12.6. The van der Waals surface area contributed by atoms with Crippen molar-refractivity contribution in [3.05, 3.63) is 69.3 Å². The van der Waals surface area contributed by atoms with Gasteiger partial charge in [-0.05, 0) is 62.1 Å². The monoisotopic (exact) mass is 415 g/mol. The summed E-state index contributed by atoms with van der Waals surface area (Å²) in [5, 5.41) is 8.96. The van der Waals surface area contributed by atoms with Crippen molar-refractivity contribution in [2.75, 3.05) is 24.5 Å². The summed E-state index contributed by atoms with van der Waals surface area (Å²) < 4.78 is 6.06. The predicted octanol–water partition coefficient (Wildman–Crippen LogP) is 3.45. The van der Waals surface area contributed by atoms with Crippen molar-refractivity contribution >= 4 is 5.95 Å². The molecule has 0 aliphatic carbocycles. The van der Waals surface area contributed by atoms with Crippen molar-refractivity contribution < 1.29 is 4.42 Å². The Labute approximate surface area is 180 Å². The number of rotatable bonds is 4. The largest absolute Gasteiger partial charge is 0.460 e. The average Bonchev–Trinajstić information content (AvgIpc) is 3.28. The van der Waals surface area contributed by atoms with Gasteiger partial charge in [0, 0.05) is 37.3 Å². The second-order valence-electron chi connectivity index (χ2n) is 8.28. The molecule has 0 bridgehead atoms. The molecule has 5 rings (SSSR count). The number of nitrogens with one attached hydrogen (secondary N) is 1. The van der Waals surface area contributed by atoms with E-state index in [0.717, 1.165) is 60.8 Å². The number of nitriles is 1. The van der Waals surface area contributed by atoms with E-state index in [0.29, 0.717) is 31.0 Å². The molecule has 0 unspecified atom stereocenters. The molecule has 0 radical (unpaired) electrons. The maximum Gasteiger partial charge on any atom is 0.255 e. The standard InChI is InChI=1S/C24H25N5O2/c25-14-17-4-6-18(7-5-17)22-9-8-19(31-22)15-28-13-10-20-21(16-28)26-24(27-23(20)30)29-11-2-1-3-12-29/h4-9H,1-3,10-13,15-16H2,(H,26,27,30). The van der Waals surface area contributed by atoms with Gasteiger partial charge in [0.25, 0.3) is 5.56 Å². The molecule has 31 heavy (non-hydrogen) atoms. The fraction of sp³-hybridized carbons (Fsp3) is 0.375. The van der Waals surface area contributed by atoms with Crippen molar-refractivity contribution in [2.45, 2.75) is 38.8 Å². The van der Waals surface area contributed by atoms with Gasteiger partial charge in [0.2, 0.25) is 5.95 Å². The van der Waals surface area contributed by atoms with Crippen molar-refractivity contribution in [1.82, 2.24) is 14.9 Å². The molecule has 0 saturated carbocycles. The van der Waals surface area contributed by atoms with Gasteiger partial charge in [-0.15, -0.1) is 0 Å². The minimum atomic E-state index is 0.00586. The third kappa shape index (κ3) is 4.12. The van der Waals surface area contributed by atoms with E-state index in [1.165, 1.54) is 6.42 Å². The lowest BCUT2D eigenvalue weighted by atomic mass is 10.1. The van der Waals surface area contributed by atoms with Crippen LogP contribution in [-0.4, -0.2) is 34.5 Å². The highest BCUT2D eigenvalue weighted by Gasteiger charge is 2.24. The van der Waals surface area contributed by atoms with Gasteiger partial charge in [-0.2, -0.15) is 5.26 Å². The SMILES string of the molecule is N#Cc1ccc(-c2ccc(CN3CCc4c(nc(N5CCCCC5)[nH]c4=O)C3)o2)cc1. The molecule has 1 saturated heterocycles. The quantitative estimate of drug-likeness (QED) is 0.702. The number of H-pyrrole nitrogens is 1. The van der Waals surface area contributed by atoms with Gasteiger partial charge in [-0.25, -0.2) is 4.98 Å². The van der Waals surface area contributed by atoms with E-state index >= 15 is 0 Å². The van der Waals surface area contributed by atoms with Gasteiger partial charge in [-0.1, -0.05) is 0 Å². The molecule has 2 aromatic heterocycles. The van der Waals surface area contributed by atoms with Crippen LogP contribution in [0.3, 0.4) is 0 Å². The van der Waals surface area contributed by atoms with E-state index in [4.69, 9.17) is 14.7 Å². The van der Waals surface area contributed by atoms with E-state index in [2.05, 4.69) is 20.9 Å². The van der Waals surface area contributed by atoms with E-state index in [-0.39, 0.29) is 5.56 Å². The topological polar surface area (TPSA) is 89.2 Å². The highest BCUT2D eigenvalue weighted by Crippen LogP contribution is 2.25. The van der Waals surface area contributed by atoms with Crippen molar-refractivity contribution in [3.8, 4) is 17.4 Å². The second-order valence-corrected chi connectivity index (χ2v) is 8.28. The van der Waals surface area contributed by atoms with Crippen LogP contribution in [0.2, 0.25) is 0 Å². The molecule has 2 aliphatic heterocycles. The summed E-state index contributed by atoms with van der Waals surface area (Å²) in [6.07, 6.45) is 4.23. The Hall–Kier alpha value is -3.37. The van der Waals surface area contributed by atoms with Gasteiger partial charge in [-0.3, -0.25) is 14.7 Å². The van der Waals surface area contributed by atoms with Crippen LogP contribution in [-0.2, 0) is 19.5 Å². The number of piperidine rings is 1. The van der Waals surface area contributed by atoms with E-state index in [9.17, 15) is 4.79 Å². The fourth-order valence-corrected chi connectivity index (χ4v) is 4.42. The Balaban J connectivity index is 1.30. The zero-order valence-corrected chi connectivity index (χ0v) is 17.4. The summed E-state index contributed by atoms with van der Waals surface area (Å²) in [6, 6.07) is 13.5. The molecule has 0 spiro atoms. The highest BCUT2D eigenvalue weighted by atomic mass is 16.3. The van der Waals surface area contributed by atoms with Crippen LogP contribution in [0.5, 0.6) is 0 Å². The van der Waals surface area contributed by atoms with E-state index < -0.39 is 0 Å². The summed E-state index contributed by atoms with van der Waals surface area (Å²) in [6.45, 7) is 4.02. The number of aromatic amines is 1. The summed E-state index contributed by atoms with van der Waals surface area (Å²) in [5.41, 5.74) is 3.29. The minimum Gasteiger partial charge on any atom is -0.460 e. The summed E-state index contributed by atoms with van der Waals surface area (Å²) >= 11 is 0. The Bertz CT molecular complexity index is 1170. The maximum atomic E-state index is 12.6. The number of benzene rings is 1. The van der Waals surface area contributed by atoms with Crippen LogP contribution in [0.25, 0.3) is 11.3 Å². The molecular weight excluding hydrogens is 390 g/mol. The van der Waals surface area contributed by atoms with Crippen molar-refractivity contribution in [3.63, 3.8) is 0 Å². The molecule has 2 aliphatic rings. The number of anilines is 1. The number of hydrogen-bond donors (Lipinski definition) is 1. The fourth-order valence-electron chi connectivity index (χ4n) is 4.42. The molecule has 0 amide bonds. The van der Waals surface area contributed by atoms with Crippen molar-refractivity contribution in [1.29, 1.82) is 5.26 Å². The number of fused-ring (bicyclic) bond motifs is 1. The molecule has 158 valence electrons. The Morgan fingerprint density at radius 2 is 1.87 bits per heavy atom. The molecular formula is C24H25N5O2. The first-order chi connectivity index (χ1) is 15.2. The lowest BCUT2D eigenvalue weighted by Crippen LogP contribution is -2.38. The smallest absolute Gasteiger partial charge is 0.255 e. The first-order valence-corrected chi connectivity index (χ1v) is 10.9. The Morgan fingerprint density at radius 3 is 2.65 bits per heavy atom. The molecule has 1 N–H and O–H groups in total. The van der Waals surface area contributed by atoms with Crippen LogP contribution >= 0.6 is 0 Å². The van der Waals surface area contributed by atoms with E-state index in [1.807, 2.05) is 24.3 Å². The molecule has 1 fully saturated rings. The summed E-state index contributed by atoms with van der Waals surface area (Å²) in [4.78, 5) is 24.9. The second kappa shape index (κ2) is 8.40. The zero-order chi connectivity index (χ0) is 21.2. The minimum absolute atomic E-state index is 0.00586. The number of furan rings is 1. The summed E-state index contributed by atoms with van der Waals surface area (Å²) in [7, 11) is 0.